The molecule has 11 heteroatoms. The number of carbonyl (C=O) groups is 1. The van der Waals surface area contributed by atoms with Crippen molar-refractivity contribution in [3.63, 3.8) is 0 Å². The third-order valence-electron chi connectivity index (χ3n) is 4.47. The third kappa shape index (κ3) is 6.07. The van der Waals surface area contributed by atoms with Gasteiger partial charge in [0.05, 0.1) is 44.0 Å². The summed E-state index contributed by atoms with van der Waals surface area (Å²) in [6.07, 6.45) is -4.54. The Balaban J connectivity index is 1.65. The number of carbonyl (C=O) groups excluding carboxylic acids is 1. The number of anilines is 1. The summed E-state index contributed by atoms with van der Waals surface area (Å²) in [5.41, 5.74) is 0.417. The second-order valence-corrected chi connectivity index (χ2v) is 7.57. The molecule has 0 bridgehead atoms. The first-order valence-electron chi connectivity index (χ1n) is 9.49. The van der Waals surface area contributed by atoms with Gasteiger partial charge in [0.2, 0.25) is 5.91 Å². The van der Waals surface area contributed by atoms with Gasteiger partial charge in [0, 0.05) is 5.56 Å². The molecule has 2 aromatic carbocycles. The molecule has 0 radical (unpaired) electrons. The van der Waals surface area contributed by atoms with Crippen LogP contribution in [0.2, 0.25) is 0 Å². The van der Waals surface area contributed by atoms with Crippen LogP contribution in [0.1, 0.15) is 5.56 Å². The summed E-state index contributed by atoms with van der Waals surface area (Å²) in [7, 11) is 4.39. The van der Waals surface area contributed by atoms with Gasteiger partial charge in [-0.05, 0) is 48.5 Å². The molecule has 1 N–H and O–H groups in total. The molecule has 0 atom stereocenters. The van der Waals surface area contributed by atoms with Crippen molar-refractivity contribution in [3.8, 4) is 28.5 Å². The van der Waals surface area contributed by atoms with Gasteiger partial charge in [0.1, 0.15) is 10.8 Å². The summed E-state index contributed by atoms with van der Waals surface area (Å²) in [6.45, 7) is 0. The lowest BCUT2D eigenvalue weighted by molar-refractivity contribution is -0.137. The highest BCUT2D eigenvalue weighted by Gasteiger charge is 2.31. The Hall–Kier alpha value is -3.47. The second kappa shape index (κ2) is 10.4. The lowest BCUT2D eigenvalue weighted by Gasteiger charge is -2.13. The zero-order valence-electron chi connectivity index (χ0n) is 17.9. The van der Waals surface area contributed by atoms with Gasteiger partial charge in [0.15, 0.2) is 11.5 Å². The van der Waals surface area contributed by atoms with Crippen molar-refractivity contribution >= 4 is 23.4 Å². The molecule has 1 amide bonds. The fourth-order valence-corrected chi connectivity index (χ4v) is 3.47. The molecule has 0 aliphatic rings. The van der Waals surface area contributed by atoms with Crippen LogP contribution in [0.3, 0.4) is 0 Å². The molecule has 0 spiro atoms. The molecular weight excluding hydrogens is 459 g/mol. The fourth-order valence-electron chi connectivity index (χ4n) is 2.85. The topological polar surface area (TPSA) is 82.6 Å². The highest BCUT2D eigenvalue weighted by Crippen LogP contribution is 2.35. The quantitative estimate of drug-likeness (QED) is 0.459. The molecule has 7 nitrogen and oxygen atoms in total. The predicted molar refractivity (Wildman–Crippen MR) is 118 cm³/mol. The smallest absolute Gasteiger partial charge is 0.416 e. The van der Waals surface area contributed by atoms with Crippen molar-refractivity contribution < 1.29 is 32.2 Å². The van der Waals surface area contributed by atoms with E-state index in [-0.39, 0.29) is 17.2 Å². The third-order valence-corrected chi connectivity index (χ3v) is 5.39. The van der Waals surface area contributed by atoms with Crippen molar-refractivity contribution in [3.05, 3.63) is 54.1 Å². The van der Waals surface area contributed by atoms with Gasteiger partial charge >= 0.3 is 6.18 Å². The van der Waals surface area contributed by atoms with E-state index < -0.39 is 17.6 Å². The van der Waals surface area contributed by atoms with E-state index in [1.165, 1.54) is 14.2 Å². The van der Waals surface area contributed by atoms with Crippen molar-refractivity contribution in [1.29, 1.82) is 0 Å². The molecule has 0 aliphatic heterocycles. The second-order valence-electron chi connectivity index (χ2n) is 6.58. The van der Waals surface area contributed by atoms with Crippen LogP contribution < -0.4 is 19.5 Å². The maximum atomic E-state index is 13.0. The number of thioether (sulfide) groups is 1. The first kappa shape index (κ1) is 24.2. The molecule has 0 fully saturated rings. The van der Waals surface area contributed by atoms with Gasteiger partial charge in [-0.3, -0.25) is 4.79 Å². The maximum absolute atomic E-state index is 13.0. The van der Waals surface area contributed by atoms with E-state index in [1.54, 1.807) is 31.4 Å². The number of amides is 1. The van der Waals surface area contributed by atoms with Crippen LogP contribution in [-0.2, 0) is 11.0 Å². The van der Waals surface area contributed by atoms with Crippen LogP contribution in [0.4, 0.5) is 18.9 Å². The van der Waals surface area contributed by atoms with Crippen molar-refractivity contribution in [2.45, 2.75) is 11.2 Å². The van der Waals surface area contributed by atoms with Crippen LogP contribution >= 0.6 is 11.8 Å². The molecule has 1 aromatic heterocycles. The minimum Gasteiger partial charge on any atom is -0.495 e. The number of alkyl halides is 3. The number of hydrogen-bond acceptors (Lipinski definition) is 7. The molecule has 0 saturated carbocycles. The van der Waals surface area contributed by atoms with Crippen molar-refractivity contribution in [1.82, 2.24) is 10.2 Å². The normalized spacial score (nSPS) is 11.1. The average Bonchev–Trinajstić information content (AvgIpc) is 2.82. The zero-order valence-corrected chi connectivity index (χ0v) is 18.7. The summed E-state index contributed by atoms with van der Waals surface area (Å²) in [5, 5.41) is 11.2. The average molecular weight is 479 g/mol. The Morgan fingerprint density at radius 1 is 0.909 bits per heavy atom. The molecule has 3 rings (SSSR count). The van der Waals surface area contributed by atoms with Crippen molar-refractivity contribution in [2.24, 2.45) is 0 Å². The minimum absolute atomic E-state index is 0.0622. The Morgan fingerprint density at radius 3 is 2.21 bits per heavy atom. The van der Waals surface area contributed by atoms with Gasteiger partial charge in [-0.1, -0.05) is 11.8 Å². The van der Waals surface area contributed by atoms with E-state index >= 15 is 0 Å². The van der Waals surface area contributed by atoms with E-state index in [1.807, 2.05) is 6.07 Å². The standard InChI is InChI=1S/C22H20F3N3O4S/c1-30-17-8-5-14(22(23,24)25)11-16(17)26-20(29)12-33-21-9-6-15(27-28-21)13-4-7-18(31-2)19(10-13)32-3/h4-11H,12H2,1-3H3,(H,26,29). The van der Waals surface area contributed by atoms with Gasteiger partial charge in [0.25, 0.3) is 0 Å². The number of halogens is 3. The van der Waals surface area contributed by atoms with Crippen LogP contribution in [-0.4, -0.2) is 43.2 Å². The number of rotatable bonds is 8. The van der Waals surface area contributed by atoms with E-state index in [9.17, 15) is 18.0 Å². The first-order valence-corrected chi connectivity index (χ1v) is 10.5. The highest BCUT2D eigenvalue weighted by molar-refractivity contribution is 7.99. The molecule has 174 valence electrons. The zero-order chi connectivity index (χ0) is 24.0. The number of nitrogens with zero attached hydrogens (tertiary/aromatic N) is 2. The Kier molecular flexibility index (Phi) is 7.64. The summed E-state index contributed by atoms with van der Waals surface area (Å²) in [6, 6.07) is 11.7. The van der Waals surface area contributed by atoms with E-state index in [0.29, 0.717) is 22.2 Å². The molecule has 0 unspecified atom stereocenters. The van der Waals surface area contributed by atoms with Gasteiger partial charge in [-0.25, -0.2) is 0 Å². The Morgan fingerprint density at radius 2 is 1.61 bits per heavy atom. The first-order chi connectivity index (χ1) is 15.7. The number of hydrogen-bond donors (Lipinski definition) is 1. The van der Waals surface area contributed by atoms with Gasteiger partial charge in [-0.2, -0.15) is 13.2 Å². The summed E-state index contributed by atoms with van der Waals surface area (Å²) < 4.78 is 54.4. The number of methoxy groups -OCH3 is 3. The molecule has 0 aliphatic carbocycles. The maximum Gasteiger partial charge on any atom is 0.416 e. The monoisotopic (exact) mass is 479 g/mol. The fraction of sp³-hybridized carbons (Fsp3) is 0.227. The van der Waals surface area contributed by atoms with Crippen LogP contribution in [0.25, 0.3) is 11.3 Å². The Labute approximate surface area is 192 Å². The number of nitrogens with one attached hydrogen (secondary N) is 1. The van der Waals surface area contributed by atoms with E-state index in [0.717, 1.165) is 35.5 Å². The summed E-state index contributed by atoms with van der Waals surface area (Å²) >= 11 is 1.10. The van der Waals surface area contributed by atoms with Gasteiger partial charge < -0.3 is 19.5 Å². The lowest BCUT2D eigenvalue weighted by Crippen LogP contribution is -2.16. The number of aromatic nitrogens is 2. The largest absolute Gasteiger partial charge is 0.495 e. The SMILES string of the molecule is COc1ccc(C(F)(F)F)cc1NC(=O)CSc1ccc(-c2ccc(OC)c(OC)c2)nn1. The lowest BCUT2D eigenvalue weighted by atomic mass is 10.1. The Bertz CT molecular complexity index is 1120. The number of ether oxygens (including phenoxy) is 3. The molecule has 33 heavy (non-hydrogen) atoms. The predicted octanol–water partition coefficient (Wildman–Crippen LogP) is 4.92. The van der Waals surface area contributed by atoms with E-state index in [4.69, 9.17) is 14.2 Å². The molecule has 1 heterocycles. The highest BCUT2D eigenvalue weighted by atomic mass is 32.2. The van der Waals surface area contributed by atoms with Crippen LogP contribution in [0, 0.1) is 0 Å². The van der Waals surface area contributed by atoms with Crippen LogP contribution in [0.5, 0.6) is 17.2 Å². The molecule has 0 saturated heterocycles. The molecular formula is C22H20F3N3O4S. The minimum atomic E-state index is -4.54. The van der Waals surface area contributed by atoms with Gasteiger partial charge in [-0.15, -0.1) is 10.2 Å². The number of benzene rings is 2. The summed E-state index contributed by atoms with van der Waals surface area (Å²) in [5.74, 6) is 0.676. The van der Waals surface area contributed by atoms with Crippen molar-refractivity contribution in [2.75, 3.05) is 32.4 Å². The summed E-state index contributed by atoms with van der Waals surface area (Å²) in [4.78, 5) is 12.3. The molecule has 3 aromatic rings. The van der Waals surface area contributed by atoms with Crippen LogP contribution in [0.15, 0.2) is 53.6 Å². The van der Waals surface area contributed by atoms with E-state index in [2.05, 4.69) is 15.5 Å².